The van der Waals surface area contributed by atoms with E-state index in [9.17, 15) is 22.8 Å². The van der Waals surface area contributed by atoms with Gasteiger partial charge in [0.05, 0.1) is 23.3 Å². The number of benzene rings is 3. The maximum Gasteiger partial charge on any atom is 0.416 e. The molecule has 3 amide bonds. The number of nitrogens with one attached hydrogen (secondary N) is 3. The molecular formula is C31H31F3N6O2S. The molecule has 0 saturated carbocycles. The first-order valence-corrected chi connectivity index (χ1v) is 14.5. The molecule has 0 aromatic heterocycles. The number of aliphatic imine (C=N–C) groups is 2. The van der Waals surface area contributed by atoms with E-state index in [0.29, 0.717) is 29.4 Å². The zero-order valence-corrected chi connectivity index (χ0v) is 24.6. The van der Waals surface area contributed by atoms with Crippen LogP contribution in [-0.4, -0.2) is 41.6 Å². The van der Waals surface area contributed by atoms with Gasteiger partial charge in [-0.15, -0.1) is 0 Å². The lowest BCUT2D eigenvalue weighted by Gasteiger charge is -2.22. The molecule has 1 aliphatic heterocycles. The van der Waals surface area contributed by atoms with E-state index >= 15 is 0 Å². The summed E-state index contributed by atoms with van der Waals surface area (Å²) in [4.78, 5) is 35.1. The Kier molecular flexibility index (Phi) is 10.0. The summed E-state index contributed by atoms with van der Waals surface area (Å²) in [6.45, 7) is 6.38. The van der Waals surface area contributed by atoms with Gasteiger partial charge in [0.25, 0.3) is 0 Å². The molecule has 1 aliphatic rings. The molecule has 0 aliphatic carbocycles. The highest BCUT2D eigenvalue weighted by Crippen LogP contribution is 2.34. The minimum Gasteiger partial charge on any atom is -0.346 e. The zero-order chi connectivity index (χ0) is 31.1. The monoisotopic (exact) mass is 608 g/mol. The van der Waals surface area contributed by atoms with E-state index < -0.39 is 17.8 Å². The van der Waals surface area contributed by atoms with Gasteiger partial charge in [0.1, 0.15) is 0 Å². The van der Waals surface area contributed by atoms with E-state index in [2.05, 4.69) is 34.5 Å². The van der Waals surface area contributed by atoms with Gasteiger partial charge in [-0.25, -0.2) is 9.79 Å². The van der Waals surface area contributed by atoms with Crippen molar-refractivity contribution in [3.05, 3.63) is 94.5 Å². The first-order valence-electron chi connectivity index (χ1n) is 13.5. The summed E-state index contributed by atoms with van der Waals surface area (Å²) in [5.41, 5.74) is 3.90. The number of amidine groups is 2. The SMILES string of the molecule is Cc1ccc(C(C)C)c(N2C(=O)CS/C2=N\C(=O)NCCc2ccc(C(=N)/N=C\Nc3ccc(C(F)(F)F)cc3)cc2)c1. The Bertz CT molecular complexity index is 1550. The summed E-state index contributed by atoms with van der Waals surface area (Å²) in [6.07, 6.45) is -2.64. The summed E-state index contributed by atoms with van der Waals surface area (Å²) >= 11 is 1.24. The van der Waals surface area contributed by atoms with Crippen LogP contribution in [0.5, 0.6) is 0 Å². The quantitative estimate of drug-likeness (QED) is 0.189. The average molecular weight is 609 g/mol. The second kappa shape index (κ2) is 13.7. The molecule has 1 heterocycles. The summed E-state index contributed by atoms with van der Waals surface area (Å²) in [6, 6.07) is 17.0. The molecule has 12 heteroatoms. The number of hydrogen-bond donors (Lipinski definition) is 3. The highest BCUT2D eigenvalue weighted by Gasteiger charge is 2.32. The van der Waals surface area contributed by atoms with Crippen molar-refractivity contribution in [2.24, 2.45) is 9.98 Å². The molecule has 3 N–H and O–H groups in total. The molecule has 0 atom stereocenters. The Hall–Kier alpha value is -4.45. The number of carbonyl (C=O) groups is 2. The highest BCUT2D eigenvalue weighted by molar-refractivity contribution is 8.15. The van der Waals surface area contributed by atoms with Crippen LogP contribution >= 0.6 is 11.8 Å². The average Bonchev–Trinajstić information content (AvgIpc) is 3.32. The third-order valence-corrected chi connectivity index (χ3v) is 7.49. The van der Waals surface area contributed by atoms with Crippen molar-refractivity contribution in [3.8, 4) is 0 Å². The van der Waals surface area contributed by atoms with Crippen molar-refractivity contribution in [1.82, 2.24) is 5.32 Å². The number of halogens is 3. The number of anilines is 2. The fourth-order valence-corrected chi connectivity index (χ4v) is 5.15. The standard InChI is InChI=1S/C31H31F3N6O2S/c1-19(2)25-13-4-20(3)16-26(25)40-27(41)17-43-30(40)39-29(42)36-15-14-21-5-7-22(8-6-21)28(35)38-18-37-24-11-9-23(10-12-24)31(32,33)34/h4-13,16,18-19H,14-15,17H2,1-3H3,(H,36,42)(H2,35,37,38)/b39-30-. The van der Waals surface area contributed by atoms with Crippen molar-refractivity contribution in [2.75, 3.05) is 22.5 Å². The predicted octanol–water partition coefficient (Wildman–Crippen LogP) is 6.99. The topological polar surface area (TPSA) is 110 Å². The second-order valence-electron chi connectivity index (χ2n) is 10.1. The summed E-state index contributed by atoms with van der Waals surface area (Å²) < 4.78 is 38.0. The Balaban J connectivity index is 1.29. The lowest BCUT2D eigenvalue weighted by Crippen LogP contribution is -2.32. The number of alkyl halides is 3. The Morgan fingerprint density at radius 3 is 2.44 bits per heavy atom. The van der Waals surface area contributed by atoms with E-state index in [0.717, 1.165) is 34.5 Å². The van der Waals surface area contributed by atoms with Crippen LogP contribution in [0.15, 0.2) is 76.7 Å². The maximum absolute atomic E-state index is 12.7. The minimum atomic E-state index is -4.40. The molecule has 8 nitrogen and oxygen atoms in total. The molecule has 4 rings (SSSR count). The van der Waals surface area contributed by atoms with Gasteiger partial charge < -0.3 is 10.6 Å². The molecule has 1 saturated heterocycles. The van der Waals surface area contributed by atoms with Crippen LogP contribution in [0.1, 0.15) is 47.6 Å². The molecule has 3 aromatic rings. The van der Waals surface area contributed by atoms with Crippen LogP contribution in [0.3, 0.4) is 0 Å². The van der Waals surface area contributed by atoms with E-state index in [4.69, 9.17) is 5.41 Å². The normalized spacial score (nSPS) is 14.6. The molecule has 0 bridgehead atoms. The molecular weight excluding hydrogens is 577 g/mol. The molecule has 1 fully saturated rings. The van der Waals surface area contributed by atoms with E-state index in [1.807, 2.05) is 37.3 Å². The zero-order valence-electron chi connectivity index (χ0n) is 23.8. The van der Waals surface area contributed by atoms with Crippen LogP contribution in [-0.2, 0) is 17.4 Å². The maximum atomic E-state index is 12.7. The Morgan fingerprint density at radius 2 is 1.79 bits per heavy atom. The van der Waals surface area contributed by atoms with E-state index in [-0.39, 0.29) is 23.4 Å². The smallest absolute Gasteiger partial charge is 0.346 e. The van der Waals surface area contributed by atoms with Crippen molar-refractivity contribution in [3.63, 3.8) is 0 Å². The number of hydrogen-bond acceptors (Lipinski definition) is 4. The third kappa shape index (κ3) is 8.31. The van der Waals surface area contributed by atoms with Crippen molar-refractivity contribution in [1.29, 1.82) is 5.41 Å². The van der Waals surface area contributed by atoms with Gasteiger partial charge in [-0.1, -0.05) is 62.0 Å². The lowest BCUT2D eigenvalue weighted by atomic mass is 9.99. The third-order valence-electron chi connectivity index (χ3n) is 6.57. The largest absolute Gasteiger partial charge is 0.416 e. The molecule has 43 heavy (non-hydrogen) atoms. The van der Waals surface area contributed by atoms with Crippen LogP contribution in [0, 0.1) is 12.3 Å². The van der Waals surface area contributed by atoms with Crippen molar-refractivity contribution < 1.29 is 22.8 Å². The van der Waals surface area contributed by atoms with Crippen molar-refractivity contribution >= 4 is 52.4 Å². The van der Waals surface area contributed by atoms with E-state index in [1.54, 1.807) is 12.1 Å². The van der Waals surface area contributed by atoms with Crippen LogP contribution in [0.2, 0.25) is 0 Å². The van der Waals surface area contributed by atoms with Gasteiger partial charge in [-0.2, -0.15) is 18.2 Å². The van der Waals surface area contributed by atoms with E-state index in [1.165, 1.54) is 35.1 Å². The fraction of sp³-hybridized carbons (Fsp3) is 0.258. The second-order valence-corrected chi connectivity index (χ2v) is 11.1. The molecule has 0 spiro atoms. The number of carbonyl (C=O) groups excluding carboxylic acids is 2. The molecule has 0 radical (unpaired) electrons. The lowest BCUT2D eigenvalue weighted by molar-refractivity contribution is -0.137. The number of urea groups is 1. The first-order chi connectivity index (χ1) is 20.4. The molecule has 3 aromatic carbocycles. The Labute approximate surface area is 252 Å². The summed E-state index contributed by atoms with van der Waals surface area (Å²) in [5, 5.41) is 14.0. The van der Waals surface area contributed by atoms with Gasteiger partial charge in [-0.3, -0.25) is 15.1 Å². The number of aryl methyl sites for hydroxylation is 1. The van der Waals surface area contributed by atoms with Crippen molar-refractivity contribution in [2.45, 2.75) is 39.3 Å². The first kappa shape index (κ1) is 31.5. The molecule has 0 unspecified atom stereocenters. The summed E-state index contributed by atoms with van der Waals surface area (Å²) in [7, 11) is 0. The van der Waals surface area contributed by atoms with Gasteiger partial charge in [0.2, 0.25) is 5.91 Å². The van der Waals surface area contributed by atoms with Gasteiger partial charge >= 0.3 is 12.2 Å². The molecule has 224 valence electrons. The van der Waals surface area contributed by atoms with Crippen LogP contribution in [0.4, 0.5) is 29.3 Å². The number of thioether (sulfide) groups is 1. The summed E-state index contributed by atoms with van der Waals surface area (Å²) in [5.74, 6) is 0.260. The number of amides is 3. The highest BCUT2D eigenvalue weighted by atomic mass is 32.2. The number of rotatable bonds is 8. The van der Waals surface area contributed by atoms with Gasteiger partial charge in [0, 0.05) is 17.8 Å². The number of nitrogens with zero attached hydrogens (tertiary/aromatic N) is 3. The van der Waals surface area contributed by atoms with Crippen LogP contribution < -0.4 is 15.5 Å². The predicted molar refractivity (Wildman–Crippen MR) is 167 cm³/mol. The fourth-order valence-electron chi connectivity index (χ4n) is 4.29. The minimum absolute atomic E-state index is 0.0301. The van der Waals surface area contributed by atoms with Gasteiger partial charge in [0.15, 0.2) is 11.0 Å². The van der Waals surface area contributed by atoms with Crippen LogP contribution in [0.25, 0.3) is 0 Å². The van der Waals surface area contributed by atoms with Gasteiger partial charge in [-0.05, 0) is 66.3 Å². The Morgan fingerprint density at radius 1 is 1.09 bits per heavy atom.